The normalized spacial score (nSPS) is 37.3. The summed E-state index contributed by atoms with van der Waals surface area (Å²) in [5.41, 5.74) is -5.49. The van der Waals surface area contributed by atoms with E-state index in [1.54, 1.807) is 0 Å². The number of sulfonamides is 1. The number of carbonyl (C=O) groups is 1. The van der Waals surface area contributed by atoms with Crippen LogP contribution >= 0.6 is 0 Å². The van der Waals surface area contributed by atoms with Crippen LogP contribution in [0.2, 0.25) is 0 Å². The molecule has 3 aliphatic rings. The summed E-state index contributed by atoms with van der Waals surface area (Å²) in [6, 6.07) is 0. The smallest absolute Gasteiger partial charge is 0.375 e. The molecule has 1 aliphatic heterocycles. The van der Waals surface area contributed by atoms with Gasteiger partial charge in [-0.3, -0.25) is 4.79 Å². The highest BCUT2D eigenvalue weighted by atomic mass is 32.2. The molecule has 22 heavy (non-hydrogen) atoms. The van der Waals surface area contributed by atoms with Crippen LogP contribution in [0.5, 0.6) is 0 Å². The number of carbonyl (C=O) groups excluding carboxylic acids is 1. The molecule has 3 fully saturated rings. The van der Waals surface area contributed by atoms with Crippen LogP contribution in [0.25, 0.3) is 0 Å². The molecular formula is C12H16F3NO5S. The third kappa shape index (κ3) is 3.09. The highest BCUT2D eigenvalue weighted by Crippen LogP contribution is 2.50. The van der Waals surface area contributed by atoms with Gasteiger partial charge in [-0.2, -0.15) is 21.6 Å². The Morgan fingerprint density at radius 3 is 2.50 bits per heavy atom. The van der Waals surface area contributed by atoms with Crippen molar-refractivity contribution >= 4 is 15.9 Å². The average molecular weight is 343 g/mol. The largest absolute Gasteiger partial charge is 0.516 e. The lowest BCUT2D eigenvalue weighted by Crippen LogP contribution is -2.45. The van der Waals surface area contributed by atoms with Crippen LogP contribution in [0.1, 0.15) is 19.3 Å². The fraction of sp³-hybridized carbons (Fsp3) is 0.917. The number of ether oxygens (including phenoxy) is 2. The second-order valence-electron chi connectivity index (χ2n) is 6.09. The molecule has 1 heterocycles. The molecule has 1 N–H and O–H groups in total. The molecular weight excluding hydrogens is 327 g/mol. The van der Waals surface area contributed by atoms with E-state index in [9.17, 15) is 26.4 Å². The van der Waals surface area contributed by atoms with E-state index >= 15 is 0 Å². The minimum atomic E-state index is -5.64. The molecule has 2 aliphatic carbocycles. The van der Waals surface area contributed by atoms with Gasteiger partial charge in [0.05, 0.1) is 19.3 Å². The van der Waals surface area contributed by atoms with E-state index in [-0.39, 0.29) is 24.0 Å². The van der Waals surface area contributed by atoms with Gasteiger partial charge >= 0.3 is 15.5 Å². The first-order chi connectivity index (χ1) is 10.2. The van der Waals surface area contributed by atoms with Crippen molar-refractivity contribution in [3.8, 4) is 0 Å². The summed E-state index contributed by atoms with van der Waals surface area (Å²) in [5, 5.41) is 0. The molecule has 0 aromatic carbocycles. The second kappa shape index (κ2) is 5.34. The van der Waals surface area contributed by atoms with E-state index in [2.05, 4.69) is 0 Å². The second-order valence-corrected chi connectivity index (χ2v) is 7.76. The molecule has 6 nitrogen and oxygen atoms in total. The van der Waals surface area contributed by atoms with Crippen molar-refractivity contribution in [1.29, 1.82) is 0 Å². The predicted octanol–water partition coefficient (Wildman–Crippen LogP) is 0.782. The Morgan fingerprint density at radius 1 is 1.27 bits per heavy atom. The van der Waals surface area contributed by atoms with Crippen LogP contribution < -0.4 is 4.72 Å². The predicted molar refractivity (Wildman–Crippen MR) is 66.9 cm³/mol. The maximum absolute atomic E-state index is 12.3. The van der Waals surface area contributed by atoms with Crippen LogP contribution in [-0.4, -0.2) is 45.3 Å². The molecule has 2 bridgehead atoms. The van der Waals surface area contributed by atoms with Gasteiger partial charge in [-0.05, 0) is 31.1 Å². The van der Waals surface area contributed by atoms with Gasteiger partial charge in [0.25, 0.3) is 0 Å². The lowest BCUT2D eigenvalue weighted by Gasteiger charge is -2.28. The summed E-state index contributed by atoms with van der Waals surface area (Å²) in [6.45, 7) is 1.04. The fourth-order valence-electron chi connectivity index (χ4n) is 3.44. The zero-order valence-corrected chi connectivity index (χ0v) is 12.3. The minimum absolute atomic E-state index is 0.0667. The van der Waals surface area contributed by atoms with E-state index in [0.717, 1.165) is 11.1 Å². The summed E-state index contributed by atoms with van der Waals surface area (Å²) in [5.74, 6) is -1.87. The quantitative estimate of drug-likeness (QED) is 0.746. The van der Waals surface area contributed by atoms with Crippen LogP contribution in [0.3, 0.4) is 0 Å². The monoisotopic (exact) mass is 343 g/mol. The van der Waals surface area contributed by atoms with Crippen molar-refractivity contribution < 1.29 is 35.9 Å². The zero-order chi connectivity index (χ0) is 16.1. The van der Waals surface area contributed by atoms with Gasteiger partial charge in [0.15, 0.2) is 0 Å². The highest BCUT2D eigenvalue weighted by Gasteiger charge is 2.53. The van der Waals surface area contributed by atoms with Gasteiger partial charge in [0.2, 0.25) is 5.91 Å². The number of amides is 1. The topological polar surface area (TPSA) is 85.0 Å². The molecule has 0 radical (unpaired) electrons. The van der Waals surface area contributed by atoms with Crippen LogP contribution in [0, 0.1) is 17.8 Å². The van der Waals surface area contributed by atoms with Crippen molar-refractivity contribution in [3.63, 3.8) is 0 Å². The lowest BCUT2D eigenvalue weighted by atomic mass is 9.86. The van der Waals surface area contributed by atoms with Crippen molar-refractivity contribution in [1.82, 2.24) is 4.72 Å². The molecule has 10 heteroatoms. The van der Waals surface area contributed by atoms with Gasteiger partial charge in [-0.25, -0.2) is 4.72 Å². The van der Waals surface area contributed by atoms with Gasteiger partial charge in [0.1, 0.15) is 6.10 Å². The average Bonchev–Trinajstić information content (AvgIpc) is 3.01. The van der Waals surface area contributed by atoms with E-state index < -0.39 is 27.4 Å². The molecule has 5 atom stereocenters. The summed E-state index contributed by atoms with van der Waals surface area (Å²) >= 11 is 0. The molecule has 1 amide bonds. The summed E-state index contributed by atoms with van der Waals surface area (Å²) in [6.07, 6.45) is 1.70. The maximum Gasteiger partial charge on any atom is 0.516 e. The molecule has 0 aromatic heterocycles. The number of hydrogen-bond acceptors (Lipinski definition) is 5. The Labute approximate surface area is 125 Å². The van der Waals surface area contributed by atoms with Crippen LogP contribution in [-0.2, 0) is 24.3 Å². The Hall–Kier alpha value is -0.870. The van der Waals surface area contributed by atoms with Gasteiger partial charge in [0, 0.05) is 5.92 Å². The first kappa shape index (κ1) is 16.0. The van der Waals surface area contributed by atoms with E-state index in [1.807, 2.05) is 0 Å². The molecule has 0 spiro atoms. The van der Waals surface area contributed by atoms with E-state index in [4.69, 9.17) is 9.47 Å². The Kier molecular flexibility index (Phi) is 3.89. The molecule has 126 valence electrons. The van der Waals surface area contributed by atoms with Crippen LogP contribution in [0.4, 0.5) is 13.2 Å². The zero-order valence-electron chi connectivity index (χ0n) is 11.5. The highest BCUT2D eigenvalue weighted by molar-refractivity contribution is 7.90. The van der Waals surface area contributed by atoms with E-state index in [0.29, 0.717) is 26.1 Å². The van der Waals surface area contributed by atoms with E-state index in [1.165, 1.54) is 0 Å². The summed E-state index contributed by atoms with van der Waals surface area (Å²) in [4.78, 5) is 11.9. The SMILES string of the molecule is O=C(NS(=O)(=O)C(F)(F)F)C1CC2CC(OCC3CO3)C1C2. The van der Waals surface area contributed by atoms with Gasteiger partial charge in [-0.15, -0.1) is 0 Å². The number of halogens is 3. The Bertz CT molecular complexity index is 560. The first-order valence-corrected chi connectivity index (χ1v) is 8.52. The minimum Gasteiger partial charge on any atom is -0.375 e. The third-order valence-corrected chi connectivity index (χ3v) is 5.61. The Morgan fingerprint density at radius 2 is 1.95 bits per heavy atom. The van der Waals surface area contributed by atoms with Crippen molar-refractivity contribution in [3.05, 3.63) is 0 Å². The lowest BCUT2D eigenvalue weighted by molar-refractivity contribution is -0.128. The van der Waals surface area contributed by atoms with Crippen molar-refractivity contribution in [2.75, 3.05) is 13.2 Å². The number of hydrogen-bond donors (Lipinski definition) is 1. The molecule has 1 saturated heterocycles. The number of fused-ring (bicyclic) bond motifs is 2. The van der Waals surface area contributed by atoms with Gasteiger partial charge in [-0.1, -0.05) is 0 Å². The first-order valence-electron chi connectivity index (χ1n) is 7.03. The molecule has 5 unspecified atom stereocenters. The number of alkyl halides is 3. The van der Waals surface area contributed by atoms with Crippen molar-refractivity contribution in [2.45, 2.75) is 37.0 Å². The van der Waals surface area contributed by atoms with Crippen molar-refractivity contribution in [2.24, 2.45) is 17.8 Å². The fourth-order valence-corrected chi connectivity index (χ4v) is 3.97. The number of rotatable bonds is 5. The number of epoxide rings is 1. The van der Waals surface area contributed by atoms with Gasteiger partial charge < -0.3 is 9.47 Å². The number of nitrogens with one attached hydrogen (secondary N) is 1. The molecule has 3 rings (SSSR count). The molecule has 0 aromatic rings. The molecule has 2 saturated carbocycles. The summed E-state index contributed by atoms with van der Waals surface area (Å²) < 4.78 is 70.8. The summed E-state index contributed by atoms with van der Waals surface area (Å²) in [7, 11) is -5.64. The maximum atomic E-state index is 12.3. The third-order valence-electron chi connectivity index (χ3n) is 4.53. The standard InChI is InChI=1S/C12H16F3NO5S/c13-12(14,15)22(18,19)16-11(17)9-2-6-1-8(9)10(3-6)21-5-7-4-20-7/h6-10H,1-5H2,(H,16,17). The van der Waals surface area contributed by atoms with Crippen LogP contribution in [0.15, 0.2) is 0 Å². The Balaban J connectivity index is 1.61.